The molecule has 0 bridgehead atoms. The zero-order valence-electron chi connectivity index (χ0n) is 28.1. The lowest BCUT2D eigenvalue weighted by molar-refractivity contribution is -0.697. The van der Waals surface area contributed by atoms with Gasteiger partial charge in [-0.1, -0.05) is 40.0 Å². The fourth-order valence-electron chi connectivity index (χ4n) is 4.93. The van der Waals surface area contributed by atoms with E-state index >= 15 is 0 Å². The Labute approximate surface area is 303 Å². The number of unbranched alkanes of at least 4 members (excludes halogenated alkanes) is 4. The van der Waals surface area contributed by atoms with Gasteiger partial charge in [0.25, 0.3) is 0 Å². The number of thiophene rings is 1. The molecule has 1 fully saturated rings. The van der Waals surface area contributed by atoms with Crippen LogP contribution in [0.15, 0.2) is 35.6 Å². The van der Waals surface area contributed by atoms with E-state index in [1.165, 1.54) is 23.5 Å². The number of aromatic nitrogens is 1. The Balaban J connectivity index is 1.34. The summed E-state index contributed by atoms with van der Waals surface area (Å²) in [4.78, 5) is 29.1. The van der Waals surface area contributed by atoms with Gasteiger partial charge in [-0.05, 0) is 61.8 Å². The molecule has 0 spiro atoms. The molecule has 1 aliphatic rings. The number of carbonyl (C=O) groups is 2. The first-order valence-corrected chi connectivity index (χ1v) is 20.0. The van der Waals surface area contributed by atoms with E-state index in [2.05, 4.69) is 46.1 Å². The van der Waals surface area contributed by atoms with E-state index in [4.69, 9.17) is 32.1 Å². The molecule has 3 rings (SSSR count). The number of pyridine rings is 1. The third-order valence-corrected chi connectivity index (χ3v) is 11.8. The minimum Gasteiger partial charge on any atom is -0.487 e. The number of carbonyl (C=O) groups excluding carboxylic acids is 2. The van der Waals surface area contributed by atoms with Crippen LogP contribution in [0.1, 0.15) is 91.1 Å². The molecule has 0 radical (unpaired) electrons. The Kier molecular flexibility index (Phi) is 20.5. The lowest BCUT2D eigenvalue weighted by Gasteiger charge is -2.10. The van der Waals surface area contributed by atoms with Gasteiger partial charge >= 0.3 is 11.9 Å². The molecule has 0 N–H and O–H groups in total. The summed E-state index contributed by atoms with van der Waals surface area (Å²) in [5.74, 6) is 3.15. The summed E-state index contributed by atoms with van der Waals surface area (Å²) in [6, 6.07) is 7.47. The summed E-state index contributed by atoms with van der Waals surface area (Å²) in [5.41, 5.74) is 1.89. The fourth-order valence-corrected chi connectivity index (χ4v) is 9.02. The van der Waals surface area contributed by atoms with E-state index in [0.29, 0.717) is 13.0 Å². The number of aryl methyl sites for hydroxylation is 1. The van der Waals surface area contributed by atoms with Crippen LogP contribution in [0.5, 0.6) is 0 Å². The molecular formula is C37H47N3O6S3. The Morgan fingerprint density at radius 1 is 1.02 bits per heavy atom. The third kappa shape index (κ3) is 16.9. The van der Waals surface area contributed by atoms with Gasteiger partial charge in [0, 0.05) is 45.7 Å². The molecule has 0 aliphatic carbocycles. The van der Waals surface area contributed by atoms with Crippen LogP contribution in [-0.4, -0.2) is 62.7 Å². The Bertz CT molecular complexity index is 1390. The summed E-state index contributed by atoms with van der Waals surface area (Å²) in [5, 5.41) is 10.3. The number of terminal acetylenes is 1. The first-order valence-electron chi connectivity index (χ1n) is 16.8. The lowest BCUT2D eigenvalue weighted by atomic mass is 10.1. The Morgan fingerprint density at radius 3 is 2.57 bits per heavy atom. The minimum atomic E-state index is -0.778. The van der Waals surface area contributed by atoms with Crippen molar-refractivity contribution in [2.45, 2.75) is 88.7 Å². The van der Waals surface area contributed by atoms with Crippen LogP contribution in [0.25, 0.3) is 12.2 Å². The largest absolute Gasteiger partial charge is 0.487 e. The van der Waals surface area contributed by atoms with E-state index < -0.39 is 6.04 Å². The highest BCUT2D eigenvalue weighted by atomic mass is 33.1. The van der Waals surface area contributed by atoms with Gasteiger partial charge in [0.1, 0.15) is 25.8 Å². The van der Waals surface area contributed by atoms with Crippen LogP contribution < -0.4 is 4.57 Å². The molecule has 9 nitrogen and oxygen atoms in total. The van der Waals surface area contributed by atoms with Gasteiger partial charge < -0.3 is 30.7 Å². The summed E-state index contributed by atoms with van der Waals surface area (Å²) in [7, 11) is 3.91. The second-order valence-electron chi connectivity index (χ2n) is 11.4. The van der Waals surface area contributed by atoms with Gasteiger partial charge in [-0.2, -0.15) is 5.26 Å². The highest BCUT2D eigenvalue weighted by Crippen LogP contribution is 2.40. The Hall–Kier alpha value is -3.13. The van der Waals surface area contributed by atoms with E-state index in [1.54, 1.807) is 0 Å². The molecule has 2 unspecified atom stereocenters. The normalized spacial score (nSPS) is 14.7. The zero-order chi connectivity index (χ0) is 34.9. The molecule has 1 saturated heterocycles. The predicted octanol–water partition coefficient (Wildman–Crippen LogP) is 7.27. The minimum absolute atomic E-state index is 0.189. The van der Waals surface area contributed by atoms with Crippen LogP contribution >= 0.6 is 32.9 Å². The quantitative estimate of drug-likeness (QED) is 0.0199. The van der Waals surface area contributed by atoms with Gasteiger partial charge in [0.05, 0.1) is 38.9 Å². The molecule has 49 heavy (non-hydrogen) atoms. The predicted molar refractivity (Wildman–Crippen MR) is 198 cm³/mol. The molecular weight excluding hydrogens is 679 g/mol. The number of hydrogen-bond donors (Lipinski definition) is 0. The number of nitrogens with zero attached hydrogens (tertiary/aromatic N) is 3. The smallest absolute Gasteiger partial charge is 0.308 e. The zero-order valence-corrected chi connectivity index (χ0v) is 30.5. The van der Waals surface area contributed by atoms with Crippen molar-refractivity contribution in [2.75, 3.05) is 38.8 Å². The lowest BCUT2D eigenvalue weighted by Crippen LogP contribution is -2.32. The molecule has 2 aromatic rings. The number of rotatable bonds is 25. The van der Waals surface area contributed by atoms with Gasteiger partial charge in [0.15, 0.2) is 12.4 Å². The average Bonchev–Trinajstić information content (AvgIpc) is 3.78. The average molecular weight is 726 g/mol. The summed E-state index contributed by atoms with van der Waals surface area (Å²) in [6.07, 6.45) is 22.2. The van der Waals surface area contributed by atoms with Crippen molar-refractivity contribution in [2.24, 2.45) is 4.99 Å². The highest BCUT2D eigenvalue weighted by molar-refractivity contribution is 8.77. The molecule has 2 atom stereocenters. The van der Waals surface area contributed by atoms with Crippen molar-refractivity contribution >= 4 is 63.7 Å². The van der Waals surface area contributed by atoms with Crippen LogP contribution in [0.3, 0.4) is 0 Å². The van der Waals surface area contributed by atoms with E-state index in [0.717, 1.165) is 77.6 Å². The van der Waals surface area contributed by atoms with Gasteiger partial charge in [-0.25, -0.2) is 4.57 Å². The first kappa shape index (κ1) is 40.3. The van der Waals surface area contributed by atoms with Crippen molar-refractivity contribution < 1.29 is 33.1 Å². The number of aliphatic imine (C=N–C) groups is 1. The maximum atomic E-state index is 12.1. The van der Waals surface area contributed by atoms with Gasteiger partial charge in [-0.3, -0.25) is 9.59 Å². The fraction of sp³-hybridized carbons (Fsp3) is 0.541. The van der Waals surface area contributed by atoms with Crippen LogP contribution in [0.2, 0.25) is 0 Å². The monoisotopic (exact) mass is 725 g/mol. The van der Waals surface area contributed by atoms with Crippen LogP contribution in [-0.2, 0) is 41.7 Å². The number of esters is 2. The highest BCUT2D eigenvalue weighted by Gasteiger charge is 2.17. The molecule has 1 aliphatic heterocycles. The van der Waals surface area contributed by atoms with Crippen LogP contribution in [0, 0.1) is 23.7 Å². The Morgan fingerprint density at radius 2 is 1.82 bits per heavy atom. The number of hydrogen-bond acceptors (Lipinski definition) is 11. The maximum Gasteiger partial charge on any atom is 0.308 e. The first-order chi connectivity index (χ1) is 24.0. The van der Waals surface area contributed by atoms with E-state index in [9.17, 15) is 14.9 Å². The third-order valence-electron chi connectivity index (χ3n) is 7.58. The summed E-state index contributed by atoms with van der Waals surface area (Å²) >= 11 is 1.46. The van der Waals surface area contributed by atoms with Crippen molar-refractivity contribution in [3.63, 3.8) is 0 Å². The topological polar surface area (TPSA) is 111 Å². The second-order valence-corrected chi connectivity index (χ2v) is 15.3. The molecule has 0 amide bonds. The van der Waals surface area contributed by atoms with E-state index in [1.807, 2.05) is 39.8 Å². The van der Waals surface area contributed by atoms with Gasteiger partial charge in [0.2, 0.25) is 0 Å². The molecule has 0 saturated carbocycles. The standard InChI is InChI=1S/C37H47N3O6S3/c1-3-21-43-23-16-36(42)45-22-9-5-4-8-18-40-19-14-30(15-20-40)12-13-33-27-31(37(48-33)34(28-38)39-2)29-44-24-25-46-35(41)11-7-6-10-32-17-26-47-49-32/h1-2,12-15,19-20,27,32,34H,4-11,16-18,21-26,29H2/b13-12+. The number of ether oxygens (including phenoxy) is 4. The molecule has 0 aromatic carbocycles. The van der Waals surface area contributed by atoms with Crippen molar-refractivity contribution in [1.82, 2.24) is 0 Å². The van der Waals surface area contributed by atoms with Crippen molar-refractivity contribution in [1.29, 1.82) is 5.26 Å². The molecule has 264 valence electrons. The summed E-state index contributed by atoms with van der Waals surface area (Å²) < 4.78 is 23.6. The van der Waals surface area contributed by atoms with Gasteiger partial charge in [-0.15, -0.1) is 17.8 Å². The van der Waals surface area contributed by atoms with Crippen molar-refractivity contribution in [3.05, 3.63) is 51.5 Å². The number of nitriles is 1. The van der Waals surface area contributed by atoms with Crippen LogP contribution in [0.4, 0.5) is 0 Å². The molecule has 12 heteroatoms. The molecule has 3 heterocycles. The second kappa shape index (κ2) is 24.9. The summed E-state index contributed by atoms with van der Waals surface area (Å²) in [6.45, 7) is 8.08. The maximum absolute atomic E-state index is 12.1. The van der Waals surface area contributed by atoms with E-state index in [-0.39, 0.29) is 51.4 Å². The molecule has 2 aromatic heterocycles. The van der Waals surface area contributed by atoms with Crippen molar-refractivity contribution in [3.8, 4) is 18.4 Å². The SMILES string of the molecule is C#CCOCCC(=O)OCCCCCC[n+]1ccc(/C=C/c2cc(COCCOC(=O)CCCCC3CCSS3)c(C(C#N)N=[CH-])s2)cc1.